The third kappa shape index (κ3) is 21.0. The van der Waals surface area contributed by atoms with Crippen molar-refractivity contribution in [1.82, 2.24) is 0 Å². The molecule has 0 radical (unpaired) electrons. The molecule has 0 N–H and O–H groups in total. The molecule has 5 rings (SSSR count). The van der Waals surface area contributed by atoms with Crippen LogP contribution in [0.25, 0.3) is 29.3 Å². The summed E-state index contributed by atoms with van der Waals surface area (Å²) in [6.07, 6.45) is 5.28. The fourth-order valence-electron chi connectivity index (χ4n) is 6.12. The van der Waals surface area contributed by atoms with Gasteiger partial charge in [0.15, 0.2) is 0 Å². The summed E-state index contributed by atoms with van der Waals surface area (Å²) < 4.78 is 83.9. The number of aryl methyl sites for hydroxylation is 2. The molecule has 4 aromatic rings. The van der Waals surface area contributed by atoms with Crippen LogP contribution in [-0.4, -0.2) is 136 Å². The molecule has 336 valence electrons. The van der Waals surface area contributed by atoms with Crippen LogP contribution in [0.3, 0.4) is 0 Å². The van der Waals surface area contributed by atoms with Crippen LogP contribution in [0.1, 0.15) is 35.4 Å². The van der Waals surface area contributed by atoms with Crippen molar-refractivity contribution in [2.45, 2.75) is 39.5 Å². The van der Waals surface area contributed by atoms with Crippen molar-refractivity contribution in [2.75, 3.05) is 123 Å². The molecule has 0 aliphatic heterocycles. The van der Waals surface area contributed by atoms with Crippen LogP contribution >= 0.6 is 57.1 Å². The molecule has 0 unspecified atom stereocenters. The number of rotatable bonds is 34. The molecule has 4 aromatic heterocycles. The van der Waals surface area contributed by atoms with E-state index in [4.69, 9.17) is 42.6 Å². The Morgan fingerprint density at radius 3 is 1.62 bits per heavy atom. The van der Waals surface area contributed by atoms with E-state index >= 15 is 0 Å². The number of thioether (sulfide) groups is 1. The molecule has 1 aliphatic carbocycles. The Bertz CT molecular complexity index is 1870. The van der Waals surface area contributed by atoms with E-state index in [2.05, 4.69) is 50.2 Å². The van der Waals surface area contributed by atoms with Gasteiger partial charge in [0.2, 0.25) is 0 Å². The molecule has 1 aliphatic rings. The first-order valence-electron chi connectivity index (χ1n) is 20.5. The number of ether oxygens (including phenoxy) is 9. The summed E-state index contributed by atoms with van der Waals surface area (Å²) in [6, 6.07) is 12.9. The number of hydrogen-bond donors (Lipinski definition) is 0. The third-order valence-electron chi connectivity index (χ3n) is 9.06. The van der Waals surface area contributed by atoms with Gasteiger partial charge < -0.3 is 47.2 Å². The van der Waals surface area contributed by atoms with Gasteiger partial charge >= 0.3 is 29.6 Å². The normalized spacial score (nSPS) is 13.3. The molecule has 4 heterocycles. The first-order chi connectivity index (χ1) is 29.2. The Labute approximate surface area is 404 Å². The molecule has 0 saturated heterocycles. The van der Waals surface area contributed by atoms with Crippen LogP contribution in [0, 0.1) is 19.8 Å². The van der Waals surface area contributed by atoms with Crippen LogP contribution in [0.2, 0.25) is 0 Å². The second kappa shape index (κ2) is 30.6. The van der Waals surface area contributed by atoms with Crippen molar-refractivity contribution < 1.29 is 85.2 Å². The first kappa shape index (κ1) is 53.0. The van der Waals surface area contributed by atoms with E-state index in [-0.39, 0.29) is 41.1 Å². The summed E-state index contributed by atoms with van der Waals surface area (Å²) in [4.78, 5) is 9.34. The Morgan fingerprint density at radius 2 is 1.05 bits per heavy atom. The van der Waals surface area contributed by atoms with Crippen LogP contribution in [0.15, 0.2) is 36.4 Å². The fraction of sp³-hybridized carbons (Fsp3) is 0.619. The summed E-state index contributed by atoms with van der Waals surface area (Å²) in [5.41, 5.74) is 0. The fourth-order valence-corrected chi connectivity index (χ4v) is 12.1. The van der Waals surface area contributed by atoms with Crippen molar-refractivity contribution in [3.8, 4) is 40.8 Å². The van der Waals surface area contributed by atoms with Crippen molar-refractivity contribution in [3.05, 3.63) is 46.2 Å². The maximum absolute atomic E-state index is 10.6. The van der Waals surface area contributed by atoms with Gasteiger partial charge in [0.05, 0.1) is 106 Å². The van der Waals surface area contributed by atoms with Gasteiger partial charge in [-0.1, -0.05) is 12.8 Å². The minimum Gasteiger partial charge on any atom is -0.748 e. The van der Waals surface area contributed by atoms with Gasteiger partial charge in [-0.05, 0) is 62.9 Å². The smallest absolute Gasteiger partial charge is 0.748 e. The SMILES string of the molecule is Cc1ccc(-c2sc(-c3ccc(-c4sc(C)cc4OCCOCCOCCOCCSCCS(=O)(=O)[O-])s3)cc2OCCOCCOCCOCCOCC2CCCC2)s1.[Na+]. The van der Waals surface area contributed by atoms with Crippen molar-refractivity contribution >= 4 is 67.2 Å². The molecular formula is C42H59NaO12S6. The van der Waals surface area contributed by atoms with Crippen LogP contribution in [0.4, 0.5) is 0 Å². The standard InChI is InChI=1S/C42H60O12S6.Na/c1-32-7-8-38(56-32)42-36(54-24-22-50-15-13-46-11-12-48-19-20-52-31-34-5-3-4-6-34)30-40(59-42)37-9-10-39(58-37)41-35(29-33(2)57-41)53-23-21-49-16-14-47-17-18-51-25-26-55-27-28-60(43,44)45;/h7-10,29-30,34H,3-6,11-28,31H2,1-2H3,(H,43,44,45);/q;+1/p-1. The number of thiophene rings is 4. The summed E-state index contributed by atoms with van der Waals surface area (Å²) >= 11 is 8.37. The van der Waals surface area contributed by atoms with Gasteiger partial charge in [-0.2, -0.15) is 11.8 Å². The summed E-state index contributed by atoms with van der Waals surface area (Å²) in [5.74, 6) is 3.02. The van der Waals surface area contributed by atoms with Crippen molar-refractivity contribution in [2.24, 2.45) is 5.92 Å². The average molecular weight is 971 g/mol. The Balaban J connectivity index is 0.00000819. The van der Waals surface area contributed by atoms with Gasteiger partial charge in [-0.15, -0.1) is 45.3 Å². The van der Waals surface area contributed by atoms with E-state index in [1.165, 1.54) is 57.0 Å². The van der Waals surface area contributed by atoms with E-state index in [1.807, 2.05) is 0 Å². The van der Waals surface area contributed by atoms with Gasteiger partial charge in [-0.25, -0.2) is 8.42 Å². The Morgan fingerprint density at radius 1 is 0.557 bits per heavy atom. The van der Waals surface area contributed by atoms with Crippen molar-refractivity contribution in [3.63, 3.8) is 0 Å². The number of hydrogen-bond acceptors (Lipinski definition) is 17. The molecule has 61 heavy (non-hydrogen) atoms. The predicted molar refractivity (Wildman–Crippen MR) is 244 cm³/mol. The molecule has 0 atom stereocenters. The van der Waals surface area contributed by atoms with Crippen LogP contribution < -0.4 is 39.0 Å². The molecule has 0 bridgehead atoms. The zero-order valence-electron chi connectivity index (χ0n) is 35.7. The van der Waals surface area contributed by atoms with Crippen molar-refractivity contribution in [1.29, 1.82) is 0 Å². The van der Waals surface area contributed by atoms with Gasteiger partial charge in [0.1, 0.15) is 24.7 Å². The zero-order valence-corrected chi connectivity index (χ0v) is 42.6. The molecule has 0 spiro atoms. The maximum atomic E-state index is 10.6. The predicted octanol–water partition coefficient (Wildman–Crippen LogP) is 5.90. The van der Waals surface area contributed by atoms with Crippen LogP contribution in [0.5, 0.6) is 11.5 Å². The molecular weight excluding hydrogens is 912 g/mol. The Hall–Kier alpha value is -0.620. The average Bonchev–Trinajstić information content (AvgIpc) is 4.08. The molecule has 0 aromatic carbocycles. The minimum absolute atomic E-state index is 0. The third-order valence-corrected chi connectivity index (χ3v) is 15.8. The van der Waals surface area contributed by atoms with E-state index in [9.17, 15) is 13.0 Å². The van der Waals surface area contributed by atoms with Gasteiger partial charge in [0.25, 0.3) is 0 Å². The molecule has 1 saturated carbocycles. The van der Waals surface area contributed by atoms with Crippen LogP contribution in [-0.2, 0) is 43.3 Å². The topological polar surface area (TPSA) is 140 Å². The zero-order chi connectivity index (χ0) is 42.3. The molecule has 12 nitrogen and oxygen atoms in total. The quantitative estimate of drug-likeness (QED) is 0.0312. The molecule has 1 fully saturated rings. The largest absolute Gasteiger partial charge is 1.00 e. The van der Waals surface area contributed by atoms with E-state index in [1.54, 1.807) is 45.3 Å². The van der Waals surface area contributed by atoms with E-state index in [0.29, 0.717) is 105 Å². The maximum Gasteiger partial charge on any atom is 1.00 e. The van der Waals surface area contributed by atoms with Gasteiger partial charge in [0, 0.05) is 59.2 Å². The summed E-state index contributed by atoms with van der Waals surface area (Å²) in [5, 5.41) is 0. The second-order valence-corrected chi connectivity index (χ2v) is 21.3. The van der Waals surface area contributed by atoms with Gasteiger partial charge in [-0.3, -0.25) is 0 Å². The summed E-state index contributed by atoms with van der Waals surface area (Å²) in [7, 11) is -4.15. The van der Waals surface area contributed by atoms with E-state index < -0.39 is 10.1 Å². The monoisotopic (exact) mass is 970 g/mol. The Kier molecular flexibility index (Phi) is 26.6. The summed E-state index contributed by atoms with van der Waals surface area (Å²) in [6.45, 7) is 12.4. The molecule has 19 heteroatoms. The first-order valence-corrected chi connectivity index (χ1v) is 26.5. The van der Waals surface area contributed by atoms with E-state index in [0.717, 1.165) is 43.5 Å². The molecule has 0 amide bonds. The minimum atomic E-state index is -4.15. The second-order valence-electron chi connectivity index (χ2n) is 13.9.